The van der Waals surface area contributed by atoms with E-state index in [0.717, 1.165) is 41.4 Å². The minimum Gasteiger partial charge on any atom is -0.352 e. The molecule has 1 aromatic rings. The lowest BCUT2D eigenvalue weighted by molar-refractivity contribution is 0.0943. The fourth-order valence-corrected chi connectivity index (χ4v) is 2.88. The number of alkyl halides is 1. The Morgan fingerprint density at radius 3 is 2.44 bits per heavy atom. The SMILES string of the molecule is O=C(NCC1CCC(Cl)CC1)c1ccc(I)cc1. The van der Waals surface area contributed by atoms with E-state index in [9.17, 15) is 4.79 Å². The van der Waals surface area contributed by atoms with Gasteiger partial charge in [0, 0.05) is 21.1 Å². The van der Waals surface area contributed by atoms with Crippen LogP contribution >= 0.6 is 34.2 Å². The topological polar surface area (TPSA) is 29.1 Å². The number of amides is 1. The Labute approximate surface area is 127 Å². The molecule has 0 aromatic heterocycles. The predicted molar refractivity (Wildman–Crippen MR) is 83.1 cm³/mol. The summed E-state index contributed by atoms with van der Waals surface area (Å²) in [5.74, 6) is 0.618. The molecule has 4 heteroatoms. The number of benzene rings is 1. The molecule has 1 saturated carbocycles. The molecule has 0 saturated heterocycles. The van der Waals surface area contributed by atoms with E-state index < -0.39 is 0 Å². The van der Waals surface area contributed by atoms with Gasteiger partial charge in [0.25, 0.3) is 5.91 Å². The summed E-state index contributed by atoms with van der Waals surface area (Å²) >= 11 is 8.30. The number of carbonyl (C=O) groups excluding carboxylic acids is 1. The molecule has 0 radical (unpaired) electrons. The molecule has 1 aliphatic rings. The molecule has 0 aliphatic heterocycles. The van der Waals surface area contributed by atoms with Crippen molar-refractivity contribution in [2.75, 3.05) is 6.54 Å². The van der Waals surface area contributed by atoms with Crippen LogP contribution in [0.3, 0.4) is 0 Å². The highest BCUT2D eigenvalue weighted by Crippen LogP contribution is 2.26. The molecule has 0 atom stereocenters. The summed E-state index contributed by atoms with van der Waals surface area (Å²) in [4.78, 5) is 11.9. The molecule has 0 unspecified atom stereocenters. The lowest BCUT2D eigenvalue weighted by Crippen LogP contribution is -2.31. The number of rotatable bonds is 3. The van der Waals surface area contributed by atoms with Crippen LogP contribution in [0.1, 0.15) is 36.0 Å². The first kappa shape index (κ1) is 14.1. The van der Waals surface area contributed by atoms with Gasteiger partial charge in [-0.1, -0.05) is 0 Å². The zero-order chi connectivity index (χ0) is 13.0. The Bertz CT molecular complexity index is 399. The molecule has 0 spiro atoms. The molecule has 0 bridgehead atoms. The quantitative estimate of drug-likeness (QED) is 0.630. The van der Waals surface area contributed by atoms with Crippen LogP contribution in [-0.4, -0.2) is 17.8 Å². The fraction of sp³-hybridized carbons (Fsp3) is 0.500. The summed E-state index contributed by atoms with van der Waals surface area (Å²) in [6.45, 7) is 0.772. The van der Waals surface area contributed by atoms with E-state index >= 15 is 0 Å². The Morgan fingerprint density at radius 2 is 1.83 bits per heavy atom. The number of hydrogen-bond acceptors (Lipinski definition) is 1. The van der Waals surface area contributed by atoms with Gasteiger partial charge >= 0.3 is 0 Å². The Balaban J connectivity index is 1.79. The van der Waals surface area contributed by atoms with Crippen LogP contribution in [0.5, 0.6) is 0 Å². The molecular formula is C14H17ClINO. The van der Waals surface area contributed by atoms with E-state index in [1.165, 1.54) is 0 Å². The third kappa shape index (κ3) is 4.12. The van der Waals surface area contributed by atoms with Crippen molar-refractivity contribution in [3.8, 4) is 0 Å². The molecule has 1 aromatic carbocycles. The van der Waals surface area contributed by atoms with Crippen LogP contribution in [0.15, 0.2) is 24.3 Å². The summed E-state index contributed by atoms with van der Waals surface area (Å²) in [7, 11) is 0. The van der Waals surface area contributed by atoms with E-state index in [0.29, 0.717) is 11.3 Å². The second-order valence-electron chi connectivity index (χ2n) is 4.83. The van der Waals surface area contributed by atoms with E-state index in [1.54, 1.807) is 0 Å². The monoisotopic (exact) mass is 377 g/mol. The molecule has 2 rings (SSSR count). The highest BCUT2D eigenvalue weighted by atomic mass is 127. The van der Waals surface area contributed by atoms with Crippen LogP contribution < -0.4 is 5.32 Å². The Morgan fingerprint density at radius 1 is 1.22 bits per heavy atom. The first-order valence-corrected chi connectivity index (χ1v) is 7.84. The second kappa shape index (κ2) is 6.75. The molecule has 0 heterocycles. The average Bonchev–Trinajstić information content (AvgIpc) is 2.38. The van der Waals surface area contributed by atoms with Crippen molar-refractivity contribution in [1.29, 1.82) is 0 Å². The van der Waals surface area contributed by atoms with Crippen LogP contribution in [0, 0.1) is 9.49 Å². The van der Waals surface area contributed by atoms with Gasteiger partial charge in [0.2, 0.25) is 0 Å². The third-order valence-electron chi connectivity index (χ3n) is 3.43. The predicted octanol–water partition coefficient (Wildman–Crippen LogP) is 3.82. The second-order valence-corrected chi connectivity index (χ2v) is 6.70. The molecule has 18 heavy (non-hydrogen) atoms. The van der Waals surface area contributed by atoms with Crippen molar-refractivity contribution in [1.82, 2.24) is 5.32 Å². The van der Waals surface area contributed by atoms with E-state index in [-0.39, 0.29) is 5.91 Å². The molecule has 1 amide bonds. The fourth-order valence-electron chi connectivity index (χ4n) is 2.27. The van der Waals surface area contributed by atoms with Crippen molar-refractivity contribution < 1.29 is 4.79 Å². The van der Waals surface area contributed by atoms with Gasteiger partial charge in [-0.15, -0.1) is 11.6 Å². The van der Waals surface area contributed by atoms with Gasteiger partial charge in [0.05, 0.1) is 0 Å². The largest absolute Gasteiger partial charge is 0.352 e. The maximum atomic E-state index is 11.9. The molecular weight excluding hydrogens is 361 g/mol. The minimum atomic E-state index is 0.0272. The molecule has 1 fully saturated rings. The Hall–Kier alpha value is -0.290. The molecule has 1 N–H and O–H groups in total. The highest BCUT2D eigenvalue weighted by Gasteiger charge is 2.19. The van der Waals surface area contributed by atoms with E-state index in [1.807, 2.05) is 24.3 Å². The summed E-state index contributed by atoms with van der Waals surface area (Å²) in [5.41, 5.74) is 0.737. The van der Waals surface area contributed by atoms with Crippen molar-refractivity contribution in [3.63, 3.8) is 0 Å². The van der Waals surface area contributed by atoms with Crippen molar-refractivity contribution in [2.45, 2.75) is 31.1 Å². The van der Waals surface area contributed by atoms with Crippen molar-refractivity contribution in [2.24, 2.45) is 5.92 Å². The number of hydrogen-bond donors (Lipinski definition) is 1. The summed E-state index contributed by atoms with van der Waals surface area (Å²) in [6.07, 6.45) is 4.40. The summed E-state index contributed by atoms with van der Waals surface area (Å²) in [6, 6.07) is 7.64. The zero-order valence-electron chi connectivity index (χ0n) is 10.2. The smallest absolute Gasteiger partial charge is 0.251 e. The van der Waals surface area contributed by atoms with Gasteiger partial charge in [-0.2, -0.15) is 0 Å². The van der Waals surface area contributed by atoms with Crippen LogP contribution in [-0.2, 0) is 0 Å². The normalized spacial score (nSPS) is 23.7. The standard InChI is InChI=1S/C14H17ClINO/c15-12-5-1-10(2-6-12)9-17-14(18)11-3-7-13(16)8-4-11/h3-4,7-8,10,12H,1-2,5-6,9H2,(H,17,18). The Kier molecular flexibility index (Phi) is 5.30. The van der Waals surface area contributed by atoms with Crippen molar-refractivity contribution in [3.05, 3.63) is 33.4 Å². The van der Waals surface area contributed by atoms with Crippen LogP contribution in [0.4, 0.5) is 0 Å². The zero-order valence-corrected chi connectivity index (χ0v) is 13.1. The van der Waals surface area contributed by atoms with Crippen molar-refractivity contribution >= 4 is 40.1 Å². The van der Waals surface area contributed by atoms with Crippen LogP contribution in [0.2, 0.25) is 0 Å². The first-order valence-electron chi connectivity index (χ1n) is 6.33. The number of nitrogens with one attached hydrogen (secondary N) is 1. The van der Waals surface area contributed by atoms with Gasteiger partial charge < -0.3 is 5.32 Å². The summed E-state index contributed by atoms with van der Waals surface area (Å²) in [5, 5.41) is 3.36. The maximum absolute atomic E-state index is 11.9. The lowest BCUT2D eigenvalue weighted by atomic mass is 9.89. The van der Waals surface area contributed by atoms with Crippen LogP contribution in [0.25, 0.3) is 0 Å². The van der Waals surface area contributed by atoms with Gasteiger partial charge in [-0.25, -0.2) is 0 Å². The average molecular weight is 378 g/mol. The lowest BCUT2D eigenvalue weighted by Gasteiger charge is -2.25. The van der Waals surface area contributed by atoms with E-state index in [4.69, 9.17) is 11.6 Å². The number of halogens is 2. The van der Waals surface area contributed by atoms with E-state index in [2.05, 4.69) is 27.9 Å². The third-order valence-corrected chi connectivity index (χ3v) is 4.59. The first-order chi connectivity index (χ1) is 8.65. The minimum absolute atomic E-state index is 0.0272. The van der Waals surface area contributed by atoms with Gasteiger partial charge in [0.15, 0.2) is 0 Å². The molecule has 98 valence electrons. The summed E-state index contributed by atoms with van der Waals surface area (Å²) < 4.78 is 1.14. The highest BCUT2D eigenvalue weighted by molar-refractivity contribution is 14.1. The number of carbonyl (C=O) groups is 1. The van der Waals surface area contributed by atoms with Gasteiger partial charge in [-0.05, 0) is 78.5 Å². The molecule has 1 aliphatic carbocycles. The van der Waals surface area contributed by atoms with Gasteiger partial charge in [-0.3, -0.25) is 4.79 Å². The maximum Gasteiger partial charge on any atom is 0.251 e. The van der Waals surface area contributed by atoms with Gasteiger partial charge in [0.1, 0.15) is 0 Å². The molecule has 2 nitrogen and oxygen atoms in total.